The highest BCUT2D eigenvalue weighted by Gasteiger charge is 2.51. The molecule has 0 heterocycles. The molecule has 0 bridgehead atoms. The van der Waals surface area contributed by atoms with Gasteiger partial charge < -0.3 is 0 Å². The van der Waals surface area contributed by atoms with Gasteiger partial charge in [0, 0.05) is 0 Å². The van der Waals surface area contributed by atoms with Crippen molar-refractivity contribution in [2.75, 3.05) is 0 Å². The Morgan fingerprint density at radius 2 is 1.90 bits per heavy atom. The number of hydrogen-bond acceptors (Lipinski definition) is 0. The van der Waals surface area contributed by atoms with E-state index in [0.29, 0.717) is 0 Å². The van der Waals surface area contributed by atoms with E-state index in [1.807, 2.05) is 0 Å². The van der Waals surface area contributed by atoms with Crippen LogP contribution in [0.25, 0.3) is 0 Å². The third-order valence-electron chi connectivity index (χ3n) is 3.70. The van der Waals surface area contributed by atoms with Crippen LogP contribution in [0.1, 0.15) is 51.9 Å². The Labute approximate surface area is 64.0 Å². The molecule has 0 amide bonds. The van der Waals surface area contributed by atoms with Gasteiger partial charge >= 0.3 is 0 Å². The number of hydrogen-bond donors (Lipinski definition) is 0. The Balaban J connectivity index is 1.92. The molecule has 0 aliphatic heterocycles. The smallest absolute Gasteiger partial charge is 0.0266 e. The summed E-state index contributed by atoms with van der Waals surface area (Å²) in [7, 11) is 0. The van der Waals surface area contributed by atoms with Gasteiger partial charge in [-0.2, -0.15) is 0 Å². The maximum Gasteiger partial charge on any atom is -0.0266 e. The molecule has 58 valence electrons. The minimum Gasteiger partial charge on any atom is -0.0651 e. The van der Waals surface area contributed by atoms with Gasteiger partial charge in [-0.3, -0.25) is 0 Å². The van der Waals surface area contributed by atoms with Crippen molar-refractivity contribution < 1.29 is 0 Å². The fourth-order valence-electron chi connectivity index (χ4n) is 2.88. The van der Waals surface area contributed by atoms with Crippen LogP contribution in [0, 0.1) is 11.3 Å². The SMILES string of the molecule is CCC1CC12CCCCC2. The molecule has 0 heteroatoms. The van der Waals surface area contributed by atoms with Crippen LogP contribution in [0.2, 0.25) is 0 Å². The van der Waals surface area contributed by atoms with Crippen molar-refractivity contribution in [3.63, 3.8) is 0 Å². The molecular formula is C10H18. The van der Waals surface area contributed by atoms with E-state index in [9.17, 15) is 0 Å². The normalized spacial score (nSPS) is 36.3. The summed E-state index contributed by atoms with van der Waals surface area (Å²) in [5, 5.41) is 0. The summed E-state index contributed by atoms with van der Waals surface area (Å²) in [5.74, 6) is 1.13. The number of rotatable bonds is 1. The van der Waals surface area contributed by atoms with E-state index in [-0.39, 0.29) is 0 Å². The van der Waals surface area contributed by atoms with E-state index in [2.05, 4.69) is 6.92 Å². The summed E-state index contributed by atoms with van der Waals surface area (Å²) in [6, 6.07) is 0. The molecule has 0 nitrogen and oxygen atoms in total. The first-order valence-corrected chi connectivity index (χ1v) is 4.87. The fraction of sp³-hybridized carbons (Fsp3) is 1.00. The van der Waals surface area contributed by atoms with E-state index in [4.69, 9.17) is 0 Å². The molecule has 1 atom stereocenters. The van der Waals surface area contributed by atoms with Gasteiger partial charge in [-0.25, -0.2) is 0 Å². The highest BCUT2D eigenvalue weighted by Crippen LogP contribution is 2.62. The molecule has 1 unspecified atom stereocenters. The molecule has 0 aromatic rings. The fourth-order valence-corrected chi connectivity index (χ4v) is 2.88. The Bertz CT molecular complexity index is 120. The molecule has 0 saturated heterocycles. The van der Waals surface area contributed by atoms with Crippen molar-refractivity contribution in [2.24, 2.45) is 11.3 Å². The second kappa shape index (κ2) is 2.25. The van der Waals surface area contributed by atoms with Gasteiger partial charge in [0.15, 0.2) is 0 Å². The molecule has 0 aromatic carbocycles. The van der Waals surface area contributed by atoms with Crippen molar-refractivity contribution in [1.82, 2.24) is 0 Å². The average molecular weight is 138 g/mol. The van der Waals surface area contributed by atoms with Gasteiger partial charge in [-0.1, -0.05) is 32.6 Å². The second-order valence-corrected chi connectivity index (χ2v) is 4.23. The first kappa shape index (κ1) is 6.69. The van der Waals surface area contributed by atoms with Crippen LogP contribution in [0.3, 0.4) is 0 Å². The summed E-state index contributed by atoms with van der Waals surface area (Å²) in [6.07, 6.45) is 10.7. The summed E-state index contributed by atoms with van der Waals surface area (Å²) < 4.78 is 0. The predicted molar refractivity (Wildman–Crippen MR) is 43.9 cm³/mol. The van der Waals surface area contributed by atoms with E-state index in [1.165, 1.54) is 25.7 Å². The topological polar surface area (TPSA) is 0 Å². The van der Waals surface area contributed by atoms with Gasteiger partial charge in [0.05, 0.1) is 0 Å². The standard InChI is InChI=1S/C10H18/c1-2-9-8-10(9)6-4-3-5-7-10/h9H,2-8H2,1H3. The van der Waals surface area contributed by atoms with Crippen LogP contribution in [0.4, 0.5) is 0 Å². The van der Waals surface area contributed by atoms with Gasteiger partial charge in [-0.05, 0) is 30.6 Å². The third-order valence-corrected chi connectivity index (χ3v) is 3.70. The van der Waals surface area contributed by atoms with Crippen molar-refractivity contribution in [1.29, 1.82) is 0 Å². The van der Waals surface area contributed by atoms with Crippen LogP contribution in [-0.2, 0) is 0 Å². The molecule has 0 aromatic heterocycles. The summed E-state index contributed by atoms with van der Waals surface area (Å²) in [4.78, 5) is 0. The van der Waals surface area contributed by atoms with Crippen molar-refractivity contribution in [3.05, 3.63) is 0 Å². The van der Waals surface area contributed by atoms with Gasteiger partial charge in [-0.15, -0.1) is 0 Å². The molecule has 2 aliphatic carbocycles. The van der Waals surface area contributed by atoms with Crippen molar-refractivity contribution in [3.8, 4) is 0 Å². The van der Waals surface area contributed by atoms with E-state index in [1.54, 1.807) is 19.3 Å². The summed E-state index contributed by atoms with van der Waals surface area (Å²) >= 11 is 0. The van der Waals surface area contributed by atoms with Crippen molar-refractivity contribution in [2.45, 2.75) is 51.9 Å². The highest BCUT2D eigenvalue weighted by atomic mass is 14.6. The van der Waals surface area contributed by atoms with E-state index in [0.717, 1.165) is 11.3 Å². The molecule has 2 saturated carbocycles. The minimum absolute atomic E-state index is 0.896. The maximum atomic E-state index is 2.36. The third kappa shape index (κ3) is 0.889. The molecule has 0 N–H and O–H groups in total. The molecule has 2 rings (SSSR count). The second-order valence-electron chi connectivity index (χ2n) is 4.23. The van der Waals surface area contributed by atoms with Crippen molar-refractivity contribution >= 4 is 0 Å². The lowest BCUT2D eigenvalue weighted by molar-refractivity contribution is 0.305. The molecule has 2 fully saturated rings. The average Bonchev–Trinajstić information content (AvgIpc) is 2.65. The summed E-state index contributed by atoms with van der Waals surface area (Å²) in [6.45, 7) is 2.36. The molecule has 2 aliphatic rings. The molecule has 1 spiro atoms. The first-order valence-electron chi connectivity index (χ1n) is 4.87. The molecule has 0 radical (unpaired) electrons. The molecule has 10 heavy (non-hydrogen) atoms. The van der Waals surface area contributed by atoms with Gasteiger partial charge in [0.25, 0.3) is 0 Å². The van der Waals surface area contributed by atoms with Crippen LogP contribution in [0.5, 0.6) is 0 Å². The lowest BCUT2D eigenvalue weighted by Gasteiger charge is -2.21. The lowest BCUT2D eigenvalue weighted by Crippen LogP contribution is -2.08. The molecular weight excluding hydrogens is 120 g/mol. The van der Waals surface area contributed by atoms with Gasteiger partial charge in [0.1, 0.15) is 0 Å². The van der Waals surface area contributed by atoms with Crippen LogP contribution >= 0.6 is 0 Å². The Hall–Kier alpha value is 0. The van der Waals surface area contributed by atoms with Crippen LogP contribution in [0.15, 0.2) is 0 Å². The zero-order chi connectivity index (χ0) is 7.03. The zero-order valence-electron chi connectivity index (χ0n) is 7.03. The Morgan fingerprint density at radius 3 is 2.40 bits per heavy atom. The van der Waals surface area contributed by atoms with Gasteiger partial charge in [0.2, 0.25) is 0 Å². The highest BCUT2D eigenvalue weighted by molar-refractivity contribution is 5.02. The van der Waals surface area contributed by atoms with E-state index >= 15 is 0 Å². The largest absolute Gasteiger partial charge is 0.0651 e. The minimum atomic E-state index is 0.896. The predicted octanol–water partition coefficient (Wildman–Crippen LogP) is 3.37. The monoisotopic (exact) mass is 138 g/mol. The Morgan fingerprint density at radius 1 is 1.20 bits per heavy atom. The Kier molecular flexibility index (Phi) is 1.51. The first-order chi connectivity index (χ1) is 4.87. The quantitative estimate of drug-likeness (QED) is 0.521. The lowest BCUT2D eigenvalue weighted by atomic mass is 9.84. The maximum absolute atomic E-state index is 2.36. The van der Waals surface area contributed by atoms with Crippen LogP contribution in [-0.4, -0.2) is 0 Å². The zero-order valence-corrected chi connectivity index (χ0v) is 7.03. The summed E-state index contributed by atoms with van der Waals surface area (Å²) in [5.41, 5.74) is 0.896. The van der Waals surface area contributed by atoms with Crippen LogP contribution < -0.4 is 0 Å². The van der Waals surface area contributed by atoms with E-state index < -0.39 is 0 Å².